The van der Waals surface area contributed by atoms with Gasteiger partial charge in [0.1, 0.15) is 6.04 Å². The van der Waals surface area contributed by atoms with Crippen LogP contribution in [0.4, 0.5) is 0 Å². The fourth-order valence-corrected chi connectivity index (χ4v) is 2.43. The summed E-state index contributed by atoms with van der Waals surface area (Å²) in [6.07, 6.45) is 0.632. The quantitative estimate of drug-likeness (QED) is 0.902. The number of benzene rings is 1. The largest absolute Gasteiger partial charge is 0.344 e. The second-order valence-corrected chi connectivity index (χ2v) is 5.52. The lowest BCUT2D eigenvalue weighted by molar-refractivity contribution is -0.128. The Morgan fingerprint density at radius 2 is 2.28 bits per heavy atom. The van der Waals surface area contributed by atoms with E-state index in [1.54, 1.807) is 30.1 Å². The van der Waals surface area contributed by atoms with Crippen molar-refractivity contribution in [2.75, 3.05) is 13.6 Å². The number of rotatable bonds is 2. The van der Waals surface area contributed by atoms with Crippen molar-refractivity contribution < 1.29 is 9.59 Å². The van der Waals surface area contributed by atoms with Gasteiger partial charge in [0, 0.05) is 18.1 Å². The fraction of sp³-hybridized carbons (Fsp3) is 0.333. The minimum absolute atomic E-state index is 0.0607. The Morgan fingerprint density at radius 1 is 1.56 bits per heavy atom. The molecule has 1 aliphatic heterocycles. The van der Waals surface area contributed by atoms with E-state index in [-0.39, 0.29) is 11.8 Å². The molecule has 1 aliphatic rings. The number of halogens is 2. The standard InChI is InChI=1S/C12H12BrClN2O2/c1-16-5-4-10(12(16)18)15-11(17)8-6-7(13)2-3-9(8)14/h2-3,6,10H,4-5H2,1H3,(H,15,17). The van der Waals surface area contributed by atoms with E-state index >= 15 is 0 Å². The molecule has 2 rings (SSSR count). The van der Waals surface area contributed by atoms with Crippen LogP contribution in [0.15, 0.2) is 22.7 Å². The summed E-state index contributed by atoms with van der Waals surface area (Å²) in [5.41, 5.74) is 0.369. The molecule has 0 aliphatic carbocycles. The maximum Gasteiger partial charge on any atom is 0.253 e. The van der Waals surface area contributed by atoms with Gasteiger partial charge in [-0.25, -0.2) is 0 Å². The number of carbonyl (C=O) groups excluding carboxylic acids is 2. The number of likely N-dealkylation sites (tertiary alicyclic amines) is 1. The highest BCUT2D eigenvalue weighted by molar-refractivity contribution is 9.10. The summed E-state index contributed by atoms with van der Waals surface area (Å²) in [5, 5.41) is 3.08. The third kappa shape index (κ3) is 2.67. The zero-order chi connectivity index (χ0) is 13.3. The predicted octanol–water partition coefficient (Wildman–Crippen LogP) is 2.06. The van der Waals surface area contributed by atoms with Gasteiger partial charge >= 0.3 is 0 Å². The van der Waals surface area contributed by atoms with E-state index in [0.717, 1.165) is 4.47 Å². The first kappa shape index (κ1) is 13.4. The SMILES string of the molecule is CN1CCC(NC(=O)c2cc(Br)ccc2Cl)C1=O. The first-order valence-electron chi connectivity index (χ1n) is 5.50. The van der Waals surface area contributed by atoms with Gasteiger partial charge < -0.3 is 10.2 Å². The topological polar surface area (TPSA) is 49.4 Å². The highest BCUT2D eigenvalue weighted by Gasteiger charge is 2.30. The average molecular weight is 332 g/mol. The molecular weight excluding hydrogens is 320 g/mol. The maximum absolute atomic E-state index is 12.0. The van der Waals surface area contributed by atoms with E-state index in [1.807, 2.05) is 0 Å². The number of likely N-dealkylation sites (N-methyl/N-ethyl adjacent to an activating group) is 1. The molecule has 18 heavy (non-hydrogen) atoms. The highest BCUT2D eigenvalue weighted by atomic mass is 79.9. The van der Waals surface area contributed by atoms with Gasteiger partial charge in [0.05, 0.1) is 10.6 Å². The lowest BCUT2D eigenvalue weighted by Gasteiger charge is -2.13. The summed E-state index contributed by atoms with van der Waals surface area (Å²) >= 11 is 9.25. The smallest absolute Gasteiger partial charge is 0.253 e. The van der Waals surface area contributed by atoms with Crippen molar-refractivity contribution in [2.24, 2.45) is 0 Å². The van der Waals surface area contributed by atoms with Gasteiger partial charge in [-0.1, -0.05) is 27.5 Å². The Kier molecular flexibility index (Phi) is 3.92. The molecule has 1 aromatic rings. The van der Waals surface area contributed by atoms with Gasteiger partial charge in [-0.05, 0) is 24.6 Å². The molecule has 0 spiro atoms. The maximum atomic E-state index is 12.0. The van der Waals surface area contributed by atoms with Gasteiger partial charge in [0.15, 0.2) is 0 Å². The minimum Gasteiger partial charge on any atom is -0.344 e. The summed E-state index contributed by atoms with van der Waals surface area (Å²) in [6, 6.07) is 4.59. The van der Waals surface area contributed by atoms with Crippen molar-refractivity contribution in [1.82, 2.24) is 10.2 Å². The lowest BCUT2D eigenvalue weighted by Crippen LogP contribution is -2.40. The molecule has 1 aromatic carbocycles. The van der Waals surface area contributed by atoms with Crippen molar-refractivity contribution >= 4 is 39.3 Å². The van der Waals surface area contributed by atoms with E-state index in [1.165, 1.54) is 0 Å². The molecule has 1 N–H and O–H groups in total. The number of carbonyl (C=O) groups is 2. The fourth-order valence-electron chi connectivity index (χ4n) is 1.86. The Balaban J connectivity index is 2.13. The first-order chi connectivity index (χ1) is 8.49. The van der Waals surface area contributed by atoms with Crippen molar-refractivity contribution in [3.05, 3.63) is 33.3 Å². The Hall–Kier alpha value is -1.07. The number of nitrogens with zero attached hydrogens (tertiary/aromatic N) is 1. The van der Waals surface area contributed by atoms with Crippen LogP contribution in [0, 0.1) is 0 Å². The minimum atomic E-state index is -0.447. The molecule has 0 radical (unpaired) electrons. The van der Waals surface area contributed by atoms with Crippen LogP contribution in [0.25, 0.3) is 0 Å². The van der Waals surface area contributed by atoms with Crippen LogP contribution in [-0.4, -0.2) is 36.3 Å². The number of hydrogen-bond acceptors (Lipinski definition) is 2. The molecule has 1 fully saturated rings. The molecule has 4 nitrogen and oxygen atoms in total. The van der Waals surface area contributed by atoms with Crippen molar-refractivity contribution in [3.63, 3.8) is 0 Å². The molecule has 96 valence electrons. The third-order valence-electron chi connectivity index (χ3n) is 2.91. The van der Waals surface area contributed by atoms with Gasteiger partial charge in [-0.2, -0.15) is 0 Å². The van der Waals surface area contributed by atoms with Gasteiger partial charge in [-0.3, -0.25) is 9.59 Å². The van der Waals surface area contributed by atoms with Crippen molar-refractivity contribution in [3.8, 4) is 0 Å². The number of hydrogen-bond donors (Lipinski definition) is 1. The summed E-state index contributed by atoms with van der Waals surface area (Å²) < 4.78 is 0.770. The van der Waals surface area contributed by atoms with Crippen LogP contribution in [0.3, 0.4) is 0 Å². The van der Waals surface area contributed by atoms with E-state index < -0.39 is 6.04 Å². The Bertz CT molecular complexity index is 507. The number of amides is 2. The summed E-state index contributed by atoms with van der Waals surface area (Å²) in [7, 11) is 1.72. The van der Waals surface area contributed by atoms with Gasteiger partial charge in [0.25, 0.3) is 5.91 Å². The number of nitrogens with one attached hydrogen (secondary N) is 1. The Morgan fingerprint density at radius 3 is 2.89 bits per heavy atom. The van der Waals surface area contributed by atoms with Gasteiger partial charge in [-0.15, -0.1) is 0 Å². The summed E-state index contributed by atoms with van der Waals surface area (Å²) in [4.78, 5) is 25.3. The molecule has 0 saturated carbocycles. The monoisotopic (exact) mass is 330 g/mol. The average Bonchev–Trinajstić information content (AvgIpc) is 2.64. The second kappa shape index (κ2) is 5.28. The van der Waals surface area contributed by atoms with Crippen LogP contribution < -0.4 is 5.32 Å². The summed E-state index contributed by atoms with van der Waals surface area (Å²) in [5.74, 6) is -0.385. The second-order valence-electron chi connectivity index (χ2n) is 4.20. The van der Waals surface area contributed by atoms with Crippen LogP contribution in [0.5, 0.6) is 0 Å². The molecule has 1 atom stereocenters. The molecule has 0 bridgehead atoms. The first-order valence-corrected chi connectivity index (χ1v) is 6.67. The Labute approximate surface area is 118 Å². The van der Waals surface area contributed by atoms with Crippen LogP contribution in [-0.2, 0) is 4.79 Å². The van der Waals surface area contributed by atoms with E-state index in [0.29, 0.717) is 23.6 Å². The summed E-state index contributed by atoms with van der Waals surface area (Å²) in [6.45, 7) is 0.663. The highest BCUT2D eigenvalue weighted by Crippen LogP contribution is 2.21. The lowest BCUT2D eigenvalue weighted by atomic mass is 10.2. The predicted molar refractivity (Wildman–Crippen MR) is 72.7 cm³/mol. The molecular formula is C12H12BrClN2O2. The molecule has 0 aromatic heterocycles. The van der Waals surface area contributed by atoms with Crippen molar-refractivity contribution in [2.45, 2.75) is 12.5 Å². The molecule has 1 saturated heterocycles. The van der Waals surface area contributed by atoms with E-state index in [2.05, 4.69) is 21.2 Å². The van der Waals surface area contributed by atoms with Crippen LogP contribution >= 0.6 is 27.5 Å². The van der Waals surface area contributed by atoms with E-state index in [4.69, 9.17) is 11.6 Å². The molecule has 2 amide bonds. The zero-order valence-corrected chi connectivity index (χ0v) is 12.1. The third-order valence-corrected chi connectivity index (χ3v) is 3.73. The normalized spacial score (nSPS) is 19.2. The van der Waals surface area contributed by atoms with Gasteiger partial charge in [0.2, 0.25) is 5.91 Å². The van der Waals surface area contributed by atoms with Crippen LogP contribution in [0.1, 0.15) is 16.8 Å². The van der Waals surface area contributed by atoms with Crippen molar-refractivity contribution in [1.29, 1.82) is 0 Å². The molecule has 1 unspecified atom stereocenters. The zero-order valence-electron chi connectivity index (χ0n) is 9.74. The van der Waals surface area contributed by atoms with Crippen LogP contribution in [0.2, 0.25) is 5.02 Å². The molecule has 1 heterocycles. The van der Waals surface area contributed by atoms with E-state index in [9.17, 15) is 9.59 Å². The molecule has 6 heteroatoms.